The van der Waals surface area contributed by atoms with E-state index < -0.39 is 23.6 Å². The molecule has 1 amide bonds. The molecule has 1 aromatic rings. The van der Waals surface area contributed by atoms with E-state index in [9.17, 15) is 13.6 Å². The normalized spacial score (nSPS) is 12.5. The van der Waals surface area contributed by atoms with Gasteiger partial charge >= 0.3 is 0 Å². The molecule has 0 aliphatic carbocycles. The van der Waals surface area contributed by atoms with Gasteiger partial charge in [-0.25, -0.2) is 8.78 Å². The molecular weight excluding hydrogens is 190 g/mol. The quantitative estimate of drug-likeness (QED) is 0.755. The number of amides is 1. The first-order valence-electron chi connectivity index (χ1n) is 3.97. The highest BCUT2D eigenvalue weighted by molar-refractivity contribution is 5.81. The number of benzene rings is 1. The number of halogens is 2. The van der Waals surface area contributed by atoms with Gasteiger partial charge in [0.05, 0.1) is 0 Å². The largest absolute Gasteiger partial charge is 0.368 e. The summed E-state index contributed by atoms with van der Waals surface area (Å²) in [5.74, 6) is -2.02. The summed E-state index contributed by atoms with van der Waals surface area (Å²) in [5, 5.41) is 2.50. The molecule has 0 spiro atoms. The molecule has 1 atom stereocenters. The van der Waals surface area contributed by atoms with Gasteiger partial charge in [0.2, 0.25) is 5.91 Å². The minimum absolute atomic E-state index is 0.0833. The number of nitrogens with one attached hydrogen (secondary N) is 1. The maximum absolute atomic E-state index is 13.2. The van der Waals surface area contributed by atoms with Crippen LogP contribution in [0, 0.1) is 11.6 Å². The van der Waals surface area contributed by atoms with Crippen LogP contribution in [0.5, 0.6) is 0 Å². The van der Waals surface area contributed by atoms with Crippen molar-refractivity contribution in [3.05, 3.63) is 35.4 Å². The van der Waals surface area contributed by atoms with Gasteiger partial charge in [0.15, 0.2) is 0 Å². The van der Waals surface area contributed by atoms with E-state index in [4.69, 9.17) is 5.73 Å². The Labute approximate surface area is 79.9 Å². The van der Waals surface area contributed by atoms with Crippen molar-refractivity contribution in [2.75, 3.05) is 7.05 Å². The van der Waals surface area contributed by atoms with Crippen molar-refractivity contribution in [1.82, 2.24) is 5.32 Å². The van der Waals surface area contributed by atoms with Crippen molar-refractivity contribution >= 4 is 5.91 Å². The number of carbonyl (C=O) groups is 1. The number of hydrogen-bond acceptors (Lipinski definition) is 2. The van der Waals surface area contributed by atoms with Crippen LogP contribution in [0.2, 0.25) is 0 Å². The van der Waals surface area contributed by atoms with Gasteiger partial charge in [-0.1, -0.05) is 0 Å². The highest BCUT2D eigenvalue weighted by Crippen LogP contribution is 2.17. The molecule has 0 aliphatic heterocycles. The van der Waals surface area contributed by atoms with Crippen molar-refractivity contribution in [2.24, 2.45) is 5.73 Å². The average Bonchev–Trinajstić information content (AvgIpc) is 2.11. The zero-order valence-corrected chi connectivity index (χ0v) is 7.55. The highest BCUT2D eigenvalue weighted by Gasteiger charge is 2.19. The second-order valence-electron chi connectivity index (χ2n) is 2.79. The van der Waals surface area contributed by atoms with Gasteiger partial charge in [-0.05, 0) is 25.2 Å². The monoisotopic (exact) mass is 200 g/mol. The minimum atomic E-state index is -1.01. The fraction of sp³-hybridized carbons (Fsp3) is 0.222. The molecule has 0 fully saturated rings. The van der Waals surface area contributed by atoms with Gasteiger partial charge in [0.1, 0.15) is 17.7 Å². The number of carbonyl (C=O) groups excluding carboxylic acids is 1. The molecule has 14 heavy (non-hydrogen) atoms. The van der Waals surface area contributed by atoms with Crippen LogP contribution in [0.15, 0.2) is 18.2 Å². The third-order valence-corrected chi connectivity index (χ3v) is 1.84. The molecule has 0 aromatic heterocycles. The molecule has 0 saturated heterocycles. The summed E-state index contributed by atoms with van der Waals surface area (Å²) in [4.78, 5) is 10.9. The van der Waals surface area contributed by atoms with Crippen LogP contribution in [-0.2, 0) is 4.79 Å². The number of primary amides is 1. The molecule has 0 unspecified atom stereocenters. The molecule has 0 bridgehead atoms. The second-order valence-corrected chi connectivity index (χ2v) is 2.79. The van der Waals surface area contributed by atoms with Crippen LogP contribution in [-0.4, -0.2) is 13.0 Å². The van der Waals surface area contributed by atoms with E-state index in [2.05, 4.69) is 5.32 Å². The van der Waals surface area contributed by atoms with Gasteiger partial charge in [0.25, 0.3) is 0 Å². The van der Waals surface area contributed by atoms with E-state index in [1.165, 1.54) is 7.05 Å². The topological polar surface area (TPSA) is 55.1 Å². The van der Waals surface area contributed by atoms with E-state index in [0.717, 1.165) is 18.2 Å². The van der Waals surface area contributed by atoms with Crippen LogP contribution < -0.4 is 11.1 Å². The first kappa shape index (κ1) is 10.6. The number of likely N-dealkylation sites (N-methyl/N-ethyl adjacent to an activating group) is 1. The van der Waals surface area contributed by atoms with Crippen molar-refractivity contribution in [3.8, 4) is 0 Å². The first-order valence-corrected chi connectivity index (χ1v) is 3.97. The van der Waals surface area contributed by atoms with E-state index >= 15 is 0 Å². The molecule has 1 rings (SSSR count). The van der Waals surface area contributed by atoms with Gasteiger partial charge < -0.3 is 11.1 Å². The lowest BCUT2D eigenvalue weighted by Gasteiger charge is -2.13. The maximum Gasteiger partial charge on any atom is 0.239 e. The lowest BCUT2D eigenvalue weighted by molar-refractivity contribution is -0.120. The molecule has 5 heteroatoms. The third kappa shape index (κ3) is 2.05. The molecular formula is C9H10F2N2O. The third-order valence-electron chi connectivity index (χ3n) is 1.84. The fourth-order valence-electron chi connectivity index (χ4n) is 1.19. The minimum Gasteiger partial charge on any atom is -0.368 e. The summed E-state index contributed by atoms with van der Waals surface area (Å²) in [5.41, 5.74) is 4.92. The van der Waals surface area contributed by atoms with E-state index in [1.807, 2.05) is 0 Å². The summed E-state index contributed by atoms with van der Waals surface area (Å²) < 4.78 is 25.9. The Morgan fingerprint density at radius 2 is 2.14 bits per heavy atom. The lowest BCUT2D eigenvalue weighted by atomic mass is 10.1. The summed E-state index contributed by atoms with van der Waals surface area (Å²) >= 11 is 0. The van der Waals surface area contributed by atoms with Crippen molar-refractivity contribution in [1.29, 1.82) is 0 Å². The Morgan fingerprint density at radius 3 is 2.64 bits per heavy atom. The zero-order chi connectivity index (χ0) is 10.7. The fourth-order valence-corrected chi connectivity index (χ4v) is 1.19. The molecule has 0 heterocycles. The summed E-state index contributed by atoms with van der Waals surface area (Å²) in [6.45, 7) is 0. The standard InChI is InChI=1S/C9H10F2N2O/c1-13-8(9(12)14)6-4-5(10)2-3-7(6)11/h2-4,8,13H,1H3,(H2,12,14)/t8-/m1/s1. The molecule has 0 radical (unpaired) electrons. The Hall–Kier alpha value is -1.49. The smallest absolute Gasteiger partial charge is 0.239 e. The maximum atomic E-state index is 13.2. The van der Waals surface area contributed by atoms with Crippen LogP contribution in [0.1, 0.15) is 11.6 Å². The Kier molecular flexibility index (Phi) is 3.14. The molecule has 0 saturated carbocycles. The second kappa shape index (κ2) is 4.15. The average molecular weight is 200 g/mol. The van der Waals surface area contributed by atoms with E-state index in [-0.39, 0.29) is 5.56 Å². The molecule has 1 aromatic carbocycles. The predicted molar refractivity (Wildman–Crippen MR) is 47.4 cm³/mol. The zero-order valence-electron chi connectivity index (χ0n) is 7.55. The van der Waals surface area contributed by atoms with Crippen LogP contribution in [0.3, 0.4) is 0 Å². The summed E-state index contributed by atoms with van der Waals surface area (Å²) in [6, 6.07) is 1.87. The Bertz CT molecular complexity index is 355. The van der Waals surface area contributed by atoms with Crippen molar-refractivity contribution in [3.63, 3.8) is 0 Å². The van der Waals surface area contributed by atoms with Crippen LogP contribution >= 0.6 is 0 Å². The molecule has 0 aliphatic rings. The van der Waals surface area contributed by atoms with Crippen LogP contribution in [0.4, 0.5) is 8.78 Å². The number of rotatable bonds is 3. The van der Waals surface area contributed by atoms with Crippen LogP contribution in [0.25, 0.3) is 0 Å². The summed E-state index contributed by atoms with van der Waals surface area (Å²) in [6.07, 6.45) is 0. The molecule has 76 valence electrons. The van der Waals surface area contributed by atoms with Crippen molar-refractivity contribution < 1.29 is 13.6 Å². The number of hydrogen-bond donors (Lipinski definition) is 2. The predicted octanol–water partition coefficient (Wildman–Crippen LogP) is 0.711. The summed E-state index contributed by atoms with van der Waals surface area (Å²) in [7, 11) is 1.44. The van der Waals surface area contributed by atoms with Crippen molar-refractivity contribution in [2.45, 2.75) is 6.04 Å². The van der Waals surface area contributed by atoms with Gasteiger partial charge in [-0.3, -0.25) is 4.79 Å². The molecule has 3 nitrogen and oxygen atoms in total. The first-order chi connectivity index (χ1) is 6.56. The van der Waals surface area contributed by atoms with Gasteiger partial charge in [-0.2, -0.15) is 0 Å². The van der Waals surface area contributed by atoms with Gasteiger partial charge in [0, 0.05) is 5.56 Å². The Morgan fingerprint density at radius 1 is 1.50 bits per heavy atom. The van der Waals surface area contributed by atoms with E-state index in [0.29, 0.717) is 0 Å². The Balaban J connectivity index is 3.15. The molecule has 3 N–H and O–H groups in total. The highest BCUT2D eigenvalue weighted by atomic mass is 19.1. The van der Waals surface area contributed by atoms with Gasteiger partial charge in [-0.15, -0.1) is 0 Å². The SMILES string of the molecule is CN[C@@H](C(N)=O)c1cc(F)ccc1F. The van der Waals surface area contributed by atoms with E-state index in [1.54, 1.807) is 0 Å². The number of nitrogens with two attached hydrogens (primary N) is 1. The lowest BCUT2D eigenvalue weighted by Crippen LogP contribution is -2.31.